The summed E-state index contributed by atoms with van der Waals surface area (Å²) < 4.78 is 5.86. The Bertz CT molecular complexity index is 1010. The van der Waals surface area contributed by atoms with E-state index >= 15 is 0 Å². The van der Waals surface area contributed by atoms with Gasteiger partial charge in [0.1, 0.15) is 6.10 Å². The molecule has 1 atom stereocenters. The number of hydrogen-bond acceptors (Lipinski definition) is 3. The SMILES string of the molecule is Cc1ccc(C(=O)N2CCC[C@H](OC(=O)c3ccccc3)c3ccccc32)cc1. The Labute approximate surface area is 170 Å². The molecule has 0 fully saturated rings. The third-order valence-electron chi connectivity index (χ3n) is 5.22. The Morgan fingerprint density at radius 1 is 0.862 bits per heavy atom. The van der Waals surface area contributed by atoms with Crippen molar-refractivity contribution in [1.82, 2.24) is 0 Å². The molecule has 0 bridgehead atoms. The summed E-state index contributed by atoms with van der Waals surface area (Å²) in [7, 11) is 0. The first kappa shape index (κ1) is 18.9. The fourth-order valence-electron chi connectivity index (χ4n) is 3.67. The van der Waals surface area contributed by atoms with Gasteiger partial charge in [0.25, 0.3) is 5.91 Å². The van der Waals surface area contributed by atoms with Crippen LogP contribution < -0.4 is 4.90 Å². The third-order valence-corrected chi connectivity index (χ3v) is 5.22. The molecule has 0 N–H and O–H groups in total. The highest BCUT2D eigenvalue weighted by Crippen LogP contribution is 2.36. The van der Waals surface area contributed by atoms with Crippen LogP contribution in [-0.2, 0) is 4.74 Å². The van der Waals surface area contributed by atoms with E-state index in [2.05, 4.69) is 0 Å². The maximum Gasteiger partial charge on any atom is 0.338 e. The van der Waals surface area contributed by atoms with Gasteiger partial charge in [-0.15, -0.1) is 0 Å². The van der Waals surface area contributed by atoms with E-state index in [1.54, 1.807) is 17.0 Å². The molecular weight excluding hydrogens is 362 g/mol. The molecule has 0 unspecified atom stereocenters. The van der Waals surface area contributed by atoms with Crippen molar-refractivity contribution in [2.75, 3.05) is 11.4 Å². The highest BCUT2D eigenvalue weighted by Gasteiger charge is 2.29. The molecule has 0 spiro atoms. The zero-order valence-electron chi connectivity index (χ0n) is 16.4. The van der Waals surface area contributed by atoms with Crippen molar-refractivity contribution in [1.29, 1.82) is 0 Å². The molecule has 4 nitrogen and oxygen atoms in total. The van der Waals surface area contributed by atoms with E-state index in [9.17, 15) is 9.59 Å². The number of fused-ring (bicyclic) bond motifs is 1. The predicted molar refractivity (Wildman–Crippen MR) is 113 cm³/mol. The molecular formula is C25H23NO3. The molecule has 4 heteroatoms. The van der Waals surface area contributed by atoms with Crippen LogP contribution in [0, 0.1) is 6.92 Å². The number of aryl methyl sites for hydroxylation is 1. The van der Waals surface area contributed by atoms with Crippen molar-refractivity contribution in [3.05, 3.63) is 101 Å². The first-order valence-corrected chi connectivity index (χ1v) is 9.87. The van der Waals surface area contributed by atoms with Gasteiger partial charge in [0, 0.05) is 17.7 Å². The quantitative estimate of drug-likeness (QED) is 0.572. The Balaban J connectivity index is 1.63. The van der Waals surface area contributed by atoms with Crippen LogP contribution in [0.3, 0.4) is 0 Å². The number of esters is 1. The van der Waals surface area contributed by atoms with Crippen LogP contribution in [0.25, 0.3) is 0 Å². The molecule has 1 aliphatic rings. The average Bonchev–Trinajstić information content (AvgIpc) is 2.94. The number of ether oxygens (including phenoxy) is 1. The van der Waals surface area contributed by atoms with Gasteiger partial charge in [-0.05, 0) is 50.1 Å². The van der Waals surface area contributed by atoms with Gasteiger partial charge < -0.3 is 9.64 Å². The molecule has 4 rings (SSSR count). The highest BCUT2D eigenvalue weighted by atomic mass is 16.5. The second-order valence-electron chi connectivity index (χ2n) is 7.28. The van der Waals surface area contributed by atoms with Crippen molar-refractivity contribution in [3.8, 4) is 0 Å². The van der Waals surface area contributed by atoms with E-state index in [4.69, 9.17) is 4.74 Å². The summed E-state index contributed by atoms with van der Waals surface area (Å²) in [5.74, 6) is -0.379. The number of nitrogens with zero attached hydrogens (tertiary/aromatic N) is 1. The van der Waals surface area contributed by atoms with E-state index in [1.165, 1.54) is 0 Å². The van der Waals surface area contributed by atoms with Gasteiger partial charge in [-0.25, -0.2) is 4.79 Å². The smallest absolute Gasteiger partial charge is 0.338 e. The number of hydrogen-bond donors (Lipinski definition) is 0. The second-order valence-corrected chi connectivity index (χ2v) is 7.28. The summed E-state index contributed by atoms with van der Waals surface area (Å²) in [5, 5.41) is 0. The minimum absolute atomic E-state index is 0.0347. The molecule has 3 aromatic carbocycles. The minimum Gasteiger partial charge on any atom is -0.454 e. The zero-order valence-corrected chi connectivity index (χ0v) is 16.4. The van der Waals surface area contributed by atoms with E-state index in [0.717, 1.165) is 23.2 Å². The summed E-state index contributed by atoms with van der Waals surface area (Å²) in [6, 6.07) is 24.3. The number of carbonyl (C=O) groups excluding carboxylic acids is 2. The van der Waals surface area contributed by atoms with Gasteiger partial charge in [0.05, 0.1) is 11.3 Å². The average molecular weight is 385 g/mol. The molecule has 0 saturated heterocycles. The molecule has 1 amide bonds. The maximum atomic E-state index is 13.2. The molecule has 146 valence electrons. The lowest BCUT2D eigenvalue weighted by Gasteiger charge is -2.24. The summed E-state index contributed by atoms with van der Waals surface area (Å²) in [6.07, 6.45) is 1.04. The van der Waals surface area contributed by atoms with Crippen molar-refractivity contribution in [2.24, 2.45) is 0 Å². The van der Waals surface area contributed by atoms with Crippen molar-refractivity contribution >= 4 is 17.6 Å². The van der Waals surface area contributed by atoms with Crippen LogP contribution in [0.1, 0.15) is 50.8 Å². The number of benzene rings is 3. The van der Waals surface area contributed by atoms with Crippen molar-refractivity contribution in [3.63, 3.8) is 0 Å². The van der Waals surface area contributed by atoms with Crippen LogP contribution in [0.4, 0.5) is 5.69 Å². The molecule has 29 heavy (non-hydrogen) atoms. The van der Waals surface area contributed by atoms with E-state index in [-0.39, 0.29) is 18.0 Å². The zero-order chi connectivity index (χ0) is 20.2. The molecule has 3 aromatic rings. The third kappa shape index (κ3) is 4.06. The Morgan fingerprint density at radius 3 is 2.31 bits per heavy atom. The number of rotatable bonds is 3. The van der Waals surface area contributed by atoms with Crippen LogP contribution in [0.2, 0.25) is 0 Å². The lowest BCUT2D eigenvalue weighted by Crippen LogP contribution is -2.31. The van der Waals surface area contributed by atoms with Crippen LogP contribution in [-0.4, -0.2) is 18.4 Å². The summed E-state index contributed by atoms with van der Waals surface area (Å²) in [5.41, 5.74) is 3.98. The lowest BCUT2D eigenvalue weighted by atomic mass is 10.0. The Morgan fingerprint density at radius 2 is 1.55 bits per heavy atom. The van der Waals surface area contributed by atoms with Crippen LogP contribution in [0.5, 0.6) is 0 Å². The first-order valence-electron chi connectivity index (χ1n) is 9.87. The fourth-order valence-corrected chi connectivity index (χ4v) is 3.67. The summed E-state index contributed by atoms with van der Waals surface area (Å²) in [4.78, 5) is 27.6. The van der Waals surface area contributed by atoms with Crippen molar-refractivity contribution < 1.29 is 14.3 Å². The molecule has 1 heterocycles. The standard InChI is InChI=1S/C25H23NO3/c1-18-13-15-19(16-14-18)24(27)26-17-7-12-23(21-10-5-6-11-22(21)26)29-25(28)20-8-3-2-4-9-20/h2-6,8-11,13-16,23H,7,12,17H2,1H3/t23-/m0/s1. The van der Waals surface area contributed by atoms with Gasteiger partial charge in [-0.2, -0.15) is 0 Å². The molecule has 1 aliphatic heterocycles. The number of carbonyl (C=O) groups is 2. The first-order chi connectivity index (χ1) is 14.1. The maximum absolute atomic E-state index is 13.2. The topological polar surface area (TPSA) is 46.6 Å². The fraction of sp³-hybridized carbons (Fsp3) is 0.200. The van der Waals surface area contributed by atoms with Gasteiger partial charge >= 0.3 is 5.97 Å². The van der Waals surface area contributed by atoms with Crippen molar-refractivity contribution in [2.45, 2.75) is 25.9 Å². The molecule has 0 aromatic heterocycles. The lowest BCUT2D eigenvalue weighted by molar-refractivity contribution is 0.0279. The van der Waals surface area contributed by atoms with Gasteiger partial charge in [0.2, 0.25) is 0 Å². The minimum atomic E-state index is -0.380. The number of para-hydroxylation sites is 1. The van der Waals surface area contributed by atoms with Gasteiger partial charge in [-0.3, -0.25) is 4.79 Å². The van der Waals surface area contributed by atoms with Crippen LogP contribution >= 0.6 is 0 Å². The summed E-state index contributed by atoms with van der Waals surface area (Å²) >= 11 is 0. The van der Waals surface area contributed by atoms with Gasteiger partial charge in [0.15, 0.2) is 0 Å². The largest absolute Gasteiger partial charge is 0.454 e. The number of amides is 1. The normalized spacial score (nSPS) is 15.9. The molecule has 0 saturated carbocycles. The van der Waals surface area contributed by atoms with E-state index < -0.39 is 0 Å². The number of anilines is 1. The Kier molecular flexibility index (Phi) is 5.43. The highest BCUT2D eigenvalue weighted by molar-refractivity contribution is 6.06. The predicted octanol–water partition coefficient (Wildman–Crippen LogP) is 5.33. The Hall–Kier alpha value is -3.40. The second kappa shape index (κ2) is 8.31. The monoisotopic (exact) mass is 385 g/mol. The van der Waals surface area contributed by atoms with E-state index in [0.29, 0.717) is 24.1 Å². The van der Waals surface area contributed by atoms with Gasteiger partial charge in [-0.1, -0.05) is 54.1 Å². The summed E-state index contributed by atoms with van der Waals surface area (Å²) in [6.45, 7) is 2.59. The van der Waals surface area contributed by atoms with E-state index in [1.807, 2.05) is 73.7 Å². The molecule has 0 radical (unpaired) electrons. The van der Waals surface area contributed by atoms with Crippen LogP contribution in [0.15, 0.2) is 78.9 Å². The molecule has 0 aliphatic carbocycles.